The quantitative estimate of drug-likeness (QED) is 0.711. The van der Waals surface area contributed by atoms with E-state index in [-0.39, 0.29) is 11.7 Å². The van der Waals surface area contributed by atoms with Crippen LogP contribution < -0.4 is 15.4 Å². The van der Waals surface area contributed by atoms with E-state index in [0.29, 0.717) is 29.8 Å². The predicted molar refractivity (Wildman–Crippen MR) is 91.9 cm³/mol. The van der Waals surface area contributed by atoms with E-state index in [1.807, 2.05) is 19.2 Å². The number of aromatic nitrogens is 1. The molecular formula is C18H21N3O3. The van der Waals surface area contributed by atoms with E-state index >= 15 is 0 Å². The van der Waals surface area contributed by atoms with Crippen LogP contribution in [0.4, 0.5) is 5.69 Å². The summed E-state index contributed by atoms with van der Waals surface area (Å²) in [7, 11) is 1.87. The van der Waals surface area contributed by atoms with E-state index in [2.05, 4.69) is 15.6 Å². The zero-order valence-corrected chi connectivity index (χ0v) is 13.6. The molecule has 0 saturated carbocycles. The molecule has 0 bridgehead atoms. The minimum atomic E-state index is -0.272. The van der Waals surface area contributed by atoms with Gasteiger partial charge in [-0.1, -0.05) is 0 Å². The molecule has 3 N–H and O–H groups in total. The van der Waals surface area contributed by atoms with Crippen molar-refractivity contribution in [3.05, 3.63) is 47.3 Å². The predicted octanol–water partition coefficient (Wildman–Crippen LogP) is 2.38. The van der Waals surface area contributed by atoms with E-state index in [0.717, 1.165) is 30.8 Å². The summed E-state index contributed by atoms with van der Waals surface area (Å²) in [6.07, 6.45) is 3.78. The SMILES string of the molecule is CNCCOc1ccc(NC(=O)c2c[nH]c3c2C(=O)CCC3)cc1. The normalized spacial score (nSPS) is 13.5. The van der Waals surface area contributed by atoms with Gasteiger partial charge in [0.05, 0.1) is 11.1 Å². The third-order valence-electron chi connectivity index (χ3n) is 4.05. The van der Waals surface area contributed by atoms with Gasteiger partial charge in [0.25, 0.3) is 5.91 Å². The lowest BCUT2D eigenvalue weighted by Gasteiger charge is -2.12. The molecular weight excluding hydrogens is 306 g/mol. The molecule has 0 spiro atoms. The second kappa shape index (κ2) is 7.31. The van der Waals surface area contributed by atoms with Crippen molar-refractivity contribution in [1.29, 1.82) is 0 Å². The average Bonchev–Trinajstić information content (AvgIpc) is 3.02. The number of hydrogen-bond acceptors (Lipinski definition) is 4. The van der Waals surface area contributed by atoms with Crippen molar-refractivity contribution in [2.24, 2.45) is 0 Å². The zero-order valence-electron chi connectivity index (χ0n) is 13.6. The van der Waals surface area contributed by atoms with Crippen molar-refractivity contribution in [3.63, 3.8) is 0 Å². The van der Waals surface area contributed by atoms with Crippen LogP contribution in [0.3, 0.4) is 0 Å². The van der Waals surface area contributed by atoms with Gasteiger partial charge in [-0.15, -0.1) is 0 Å². The molecule has 1 heterocycles. The molecule has 0 fully saturated rings. The van der Waals surface area contributed by atoms with E-state index in [9.17, 15) is 9.59 Å². The Bertz CT molecular complexity index is 734. The number of likely N-dealkylation sites (N-methyl/N-ethyl adjacent to an activating group) is 1. The van der Waals surface area contributed by atoms with Gasteiger partial charge in [-0.25, -0.2) is 0 Å². The number of carbonyl (C=O) groups excluding carboxylic acids is 2. The van der Waals surface area contributed by atoms with Crippen molar-refractivity contribution < 1.29 is 14.3 Å². The minimum absolute atomic E-state index is 0.0379. The Kier molecular flexibility index (Phi) is 4.96. The van der Waals surface area contributed by atoms with Crippen LogP contribution in [-0.4, -0.2) is 36.9 Å². The molecule has 1 aromatic carbocycles. The number of fused-ring (bicyclic) bond motifs is 1. The van der Waals surface area contributed by atoms with Crippen LogP contribution in [0.15, 0.2) is 30.5 Å². The molecule has 0 unspecified atom stereocenters. The maximum absolute atomic E-state index is 12.5. The summed E-state index contributed by atoms with van der Waals surface area (Å²) in [4.78, 5) is 27.6. The van der Waals surface area contributed by atoms with Crippen molar-refractivity contribution in [2.45, 2.75) is 19.3 Å². The van der Waals surface area contributed by atoms with Crippen molar-refractivity contribution >= 4 is 17.4 Å². The first kappa shape index (κ1) is 16.3. The van der Waals surface area contributed by atoms with Gasteiger partial charge in [-0.3, -0.25) is 9.59 Å². The van der Waals surface area contributed by atoms with Gasteiger partial charge >= 0.3 is 0 Å². The summed E-state index contributed by atoms with van der Waals surface area (Å²) in [6.45, 7) is 1.35. The fourth-order valence-electron chi connectivity index (χ4n) is 2.82. The Morgan fingerprint density at radius 1 is 1.25 bits per heavy atom. The number of nitrogens with one attached hydrogen (secondary N) is 3. The fraction of sp³-hybridized carbons (Fsp3) is 0.333. The molecule has 0 radical (unpaired) electrons. The number of H-pyrrole nitrogens is 1. The molecule has 1 aliphatic rings. The zero-order chi connectivity index (χ0) is 16.9. The number of carbonyl (C=O) groups is 2. The largest absolute Gasteiger partial charge is 0.492 e. The molecule has 0 aliphatic heterocycles. The first-order valence-electron chi connectivity index (χ1n) is 8.11. The Morgan fingerprint density at radius 2 is 2.04 bits per heavy atom. The number of amides is 1. The van der Waals surface area contributed by atoms with Gasteiger partial charge in [-0.05, 0) is 44.2 Å². The van der Waals surface area contributed by atoms with Gasteiger partial charge in [0.2, 0.25) is 0 Å². The number of anilines is 1. The highest BCUT2D eigenvalue weighted by atomic mass is 16.5. The lowest BCUT2D eigenvalue weighted by Crippen LogP contribution is -2.18. The number of benzene rings is 1. The fourth-order valence-corrected chi connectivity index (χ4v) is 2.82. The highest BCUT2D eigenvalue weighted by molar-refractivity contribution is 6.13. The maximum Gasteiger partial charge on any atom is 0.257 e. The third-order valence-corrected chi connectivity index (χ3v) is 4.05. The van der Waals surface area contributed by atoms with Gasteiger partial charge in [0, 0.05) is 30.5 Å². The van der Waals surface area contributed by atoms with E-state index in [1.165, 1.54) is 0 Å². The van der Waals surface area contributed by atoms with E-state index < -0.39 is 0 Å². The highest BCUT2D eigenvalue weighted by Crippen LogP contribution is 2.25. The molecule has 6 heteroatoms. The number of hydrogen-bond donors (Lipinski definition) is 3. The number of aryl methyl sites for hydroxylation is 1. The Morgan fingerprint density at radius 3 is 2.79 bits per heavy atom. The van der Waals surface area contributed by atoms with Crippen LogP contribution >= 0.6 is 0 Å². The molecule has 6 nitrogen and oxygen atoms in total. The summed E-state index contributed by atoms with van der Waals surface area (Å²) in [5, 5.41) is 5.84. The molecule has 1 aromatic heterocycles. The van der Waals surface area contributed by atoms with Crippen molar-refractivity contribution in [1.82, 2.24) is 10.3 Å². The summed E-state index contributed by atoms with van der Waals surface area (Å²) >= 11 is 0. The minimum Gasteiger partial charge on any atom is -0.492 e. The Labute approximate surface area is 140 Å². The molecule has 1 amide bonds. The van der Waals surface area contributed by atoms with Gasteiger partial charge < -0.3 is 20.4 Å². The van der Waals surface area contributed by atoms with Gasteiger partial charge in [0.15, 0.2) is 5.78 Å². The standard InChI is InChI=1S/C18H21N3O3/c1-19-9-10-24-13-7-5-12(6-8-13)21-18(23)14-11-20-15-3-2-4-16(22)17(14)15/h5-8,11,19-20H,2-4,9-10H2,1H3,(H,21,23). The second-order valence-corrected chi connectivity index (χ2v) is 5.76. The van der Waals surface area contributed by atoms with Crippen LogP contribution in [0.5, 0.6) is 5.75 Å². The first-order valence-corrected chi connectivity index (χ1v) is 8.11. The molecule has 24 heavy (non-hydrogen) atoms. The van der Waals surface area contributed by atoms with Crippen LogP contribution in [0.1, 0.15) is 39.3 Å². The molecule has 2 aromatic rings. The van der Waals surface area contributed by atoms with Gasteiger partial charge in [0.1, 0.15) is 12.4 Å². The van der Waals surface area contributed by atoms with E-state index in [4.69, 9.17) is 4.74 Å². The molecule has 0 atom stereocenters. The van der Waals surface area contributed by atoms with Crippen molar-refractivity contribution in [2.75, 3.05) is 25.5 Å². The van der Waals surface area contributed by atoms with Crippen LogP contribution in [0, 0.1) is 0 Å². The van der Waals surface area contributed by atoms with Crippen LogP contribution in [-0.2, 0) is 6.42 Å². The lowest BCUT2D eigenvalue weighted by molar-refractivity contribution is 0.0956. The van der Waals surface area contributed by atoms with E-state index in [1.54, 1.807) is 18.3 Å². The maximum atomic E-state index is 12.5. The summed E-state index contributed by atoms with van der Waals surface area (Å²) < 4.78 is 5.54. The summed E-state index contributed by atoms with van der Waals surface area (Å²) in [5.74, 6) is 0.514. The molecule has 1 aliphatic carbocycles. The Balaban J connectivity index is 1.67. The second-order valence-electron chi connectivity index (χ2n) is 5.76. The first-order chi connectivity index (χ1) is 11.7. The van der Waals surface area contributed by atoms with Crippen molar-refractivity contribution in [3.8, 4) is 5.75 Å². The average molecular weight is 327 g/mol. The smallest absolute Gasteiger partial charge is 0.257 e. The number of aromatic amines is 1. The molecule has 0 saturated heterocycles. The Hall–Kier alpha value is -2.60. The molecule has 126 valence electrons. The van der Waals surface area contributed by atoms with Gasteiger partial charge in [-0.2, -0.15) is 0 Å². The number of ether oxygens (including phenoxy) is 1. The highest BCUT2D eigenvalue weighted by Gasteiger charge is 2.25. The summed E-state index contributed by atoms with van der Waals surface area (Å²) in [6, 6.07) is 7.19. The monoisotopic (exact) mass is 327 g/mol. The number of rotatable bonds is 6. The lowest BCUT2D eigenvalue weighted by atomic mass is 9.93. The molecule has 3 rings (SSSR count). The van der Waals surface area contributed by atoms with Crippen LogP contribution in [0.25, 0.3) is 0 Å². The topological polar surface area (TPSA) is 83.2 Å². The number of ketones is 1. The van der Waals surface area contributed by atoms with Crippen LogP contribution in [0.2, 0.25) is 0 Å². The number of Topliss-reactive ketones (excluding diaryl/α,β-unsaturated/α-hetero) is 1. The summed E-state index contributed by atoms with van der Waals surface area (Å²) in [5.41, 5.74) is 2.50. The third kappa shape index (κ3) is 3.49.